The smallest absolute Gasteiger partial charge is 0.329 e. The molecule has 29 heavy (non-hydrogen) atoms. The molecule has 2 amide bonds. The Morgan fingerprint density at radius 2 is 2.00 bits per heavy atom. The highest BCUT2D eigenvalue weighted by molar-refractivity contribution is 6.30. The van der Waals surface area contributed by atoms with Crippen LogP contribution in [0.3, 0.4) is 0 Å². The second-order valence-electron chi connectivity index (χ2n) is 6.47. The first kappa shape index (κ1) is 20.7. The van der Waals surface area contributed by atoms with Crippen LogP contribution in [-0.2, 0) is 25.5 Å². The lowest BCUT2D eigenvalue weighted by Gasteiger charge is -2.36. The van der Waals surface area contributed by atoms with Crippen LogP contribution in [0.4, 0.5) is 4.79 Å². The zero-order chi connectivity index (χ0) is 21.0. The Bertz CT molecular complexity index is 898. The molecule has 0 saturated heterocycles. The summed E-state index contributed by atoms with van der Waals surface area (Å²) in [5.41, 5.74) is 2.48. The molecule has 0 bridgehead atoms. The average Bonchev–Trinajstić information content (AvgIpc) is 3.21. The standard InChI is InChI=1S/C19H21ClN4O5/c1-28-15(25)9-14(18(26)29-2)23-19(27)24-8-7-13-16(22-10-21-13)17(24)11-3-5-12(20)6-4-11/h3-6,10,14,17H,7-9H2,1-2H3,(H,21,22)(H,23,27). The SMILES string of the molecule is COC(=O)CC(NC(=O)N1CCc2[nH]cnc2C1c1ccc(Cl)cc1)C(=O)OC. The molecule has 0 spiro atoms. The third-order valence-corrected chi connectivity index (χ3v) is 5.01. The molecule has 1 aliphatic heterocycles. The van der Waals surface area contributed by atoms with Gasteiger partial charge in [-0.2, -0.15) is 0 Å². The topological polar surface area (TPSA) is 114 Å². The number of ether oxygens (including phenoxy) is 2. The quantitative estimate of drug-likeness (QED) is 0.713. The van der Waals surface area contributed by atoms with Crippen LogP contribution in [0.2, 0.25) is 5.02 Å². The number of nitrogens with one attached hydrogen (secondary N) is 2. The highest BCUT2D eigenvalue weighted by Crippen LogP contribution is 2.33. The van der Waals surface area contributed by atoms with Crippen molar-refractivity contribution >= 4 is 29.6 Å². The summed E-state index contributed by atoms with van der Waals surface area (Å²) in [4.78, 5) is 45.8. The first-order valence-electron chi connectivity index (χ1n) is 8.94. The predicted octanol–water partition coefficient (Wildman–Crippen LogP) is 1.82. The number of methoxy groups -OCH3 is 2. The van der Waals surface area contributed by atoms with Crippen LogP contribution in [0.5, 0.6) is 0 Å². The summed E-state index contributed by atoms with van der Waals surface area (Å²) in [6.07, 6.45) is 1.83. The largest absolute Gasteiger partial charge is 0.469 e. The number of carbonyl (C=O) groups is 3. The second kappa shape index (κ2) is 8.95. The predicted molar refractivity (Wildman–Crippen MR) is 103 cm³/mol. The summed E-state index contributed by atoms with van der Waals surface area (Å²) in [5.74, 6) is -1.37. The molecule has 0 radical (unpaired) electrons. The summed E-state index contributed by atoms with van der Waals surface area (Å²) < 4.78 is 9.30. The minimum atomic E-state index is -1.16. The Balaban J connectivity index is 1.88. The Kier molecular flexibility index (Phi) is 6.38. The molecular weight excluding hydrogens is 400 g/mol. The first-order valence-corrected chi connectivity index (χ1v) is 9.31. The molecule has 0 fully saturated rings. The van der Waals surface area contributed by atoms with Crippen LogP contribution < -0.4 is 5.32 Å². The zero-order valence-corrected chi connectivity index (χ0v) is 16.7. The number of nitrogens with zero attached hydrogens (tertiary/aromatic N) is 2. The number of benzene rings is 1. The van der Waals surface area contributed by atoms with E-state index in [0.717, 1.165) is 17.0 Å². The number of amides is 2. The van der Waals surface area contributed by atoms with Crippen molar-refractivity contribution in [2.45, 2.75) is 24.9 Å². The van der Waals surface area contributed by atoms with Crippen LogP contribution >= 0.6 is 11.6 Å². The summed E-state index contributed by atoms with van der Waals surface area (Å²) in [5, 5.41) is 3.16. The lowest BCUT2D eigenvalue weighted by atomic mass is 9.96. The van der Waals surface area contributed by atoms with Gasteiger partial charge in [-0.1, -0.05) is 23.7 Å². The van der Waals surface area contributed by atoms with Gasteiger partial charge < -0.3 is 24.7 Å². The van der Waals surface area contributed by atoms with E-state index in [1.165, 1.54) is 14.2 Å². The second-order valence-corrected chi connectivity index (χ2v) is 6.91. The summed E-state index contributed by atoms with van der Waals surface area (Å²) in [6.45, 7) is 0.389. The zero-order valence-electron chi connectivity index (χ0n) is 16.0. The third-order valence-electron chi connectivity index (χ3n) is 4.75. The van der Waals surface area contributed by atoms with Gasteiger partial charge in [-0.15, -0.1) is 0 Å². The highest BCUT2D eigenvalue weighted by Gasteiger charge is 2.36. The van der Waals surface area contributed by atoms with Crippen molar-refractivity contribution in [3.63, 3.8) is 0 Å². The lowest BCUT2D eigenvalue weighted by Crippen LogP contribution is -2.52. The van der Waals surface area contributed by atoms with E-state index in [1.54, 1.807) is 23.4 Å². The number of halogens is 1. The number of carbonyl (C=O) groups excluding carboxylic acids is 3. The van der Waals surface area contributed by atoms with Crippen LogP contribution in [0.15, 0.2) is 30.6 Å². The molecule has 10 heteroatoms. The van der Waals surface area contributed by atoms with Crippen molar-refractivity contribution in [1.29, 1.82) is 0 Å². The van der Waals surface area contributed by atoms with Gasteiger partial charge in [0.25, 0.3) is 0 Å². The Morgan fingerprint density at radius 1 is 1.28 bits per heavy atom. The van der Waals surface area contributed by atoms with Crippen LogP contribution in [-0.4, -0.2) is 59.6 Å². The molecule has 154 valence electrons. The molecule has 1 aromatic heterocycles. The number of fused-ring (bicyclic) bond motifs is 1. The van der Waals surface area contributed by atoms with Crippen molar-refractivity contribution in [1.82, 2.24) is 20.2 Å². The van der Waals surface area contributed by atoms with Gasteiger partial charge in [0.1, 0.15) is 12.1 Å². The molecule has 3 rings (SSSR count). The van der Waals surface area contributed by atoms with Crippen LogP contribution in [0, 0.1) is 0 Å². The molecule has 2 atom stereocenters. The van der Waals surface area contributed by atoms with Crippen molar-refractivity contribution in [2.75, 3.05) is 20.8 Å². The number of aromatic amines is 1. The third kappa shape index (κ3) is 4.51. The van der Waals surface area contributed by atoms with E-state index in [1.807, 2.05) is 12.1 Å². The van der Waals surface area contributed by atoms with Gasteiger partial charge in [0.2, 0.25) is 0 Å². The van der Waals surface area contributed by atoms with Gasteiger partial charge in [-0.3, -0.25) is 4.79 Å². The molecule has 2 heterocycles. The molecule has 1 aliphatic rings. The Labute approximate surface area is 172 Å². The number of urea groups is 1. The molecule has 2 aromatic rings. The van der Waals surface area contributed by atoms with Gasteiger partial charge in [0.15, 0.2) is 0 Å². The van der Waals surface area contributed by atoms with E-state index in [0.29, 0.717) is 18.0 Å². The van der Waals surface area contributed by atoms with E-state index < -0.39 is 30.1 Å². The molecule has 1 aromatic carbocycles. The van der Waals surface area contributed by atoms with Gasteiger partial charge in [0, 0.05) is 23.7 Å². The van der Waals surface area contributed by atoms with Crippen molar-refractivity contribution in [3.05, 3.63) is 52.6 Å². The fourth-order valence-corrected chi connectivity index (χ4v) is 3.42. The maximum Gasteiger partial charge on any atom is 0.329 e. The van der Waals surface area contributed by atoms with E-state index in [2.05, 4.69) is 20.0 Å². The van der Waals surface area contributed by atoms with E-state index in [-0.39, 0.29) is 6.42 Å². The monoisotopic (exact) mass is 420 g/mol. The fraction of sp³-hybridized carbons (Fsp3) is 0.368. The number of rotatable bonds is 5. The Morgan fingerprint density at radius 3 is 2.66 bits per heavy atom. The molecule has 0 saturated carbocycles. The minimum absolute atomic E-state index is 0.331. The number of hydrogen-bond acceptors (Lipinski definition) is 6. The van der Waals surface area contributed by atoms with Crippen molar-refractivity contribution in [2.24, 2.45) is 0 Å². The number of H-pyrrole nitrogens is 1. The van der Waals surface area contributed by atoms with Crippen molar-refractivity contribution < 1.29 is 23.9 Å². The summed E-state index contributed by atoms with van der Waals surface area (Å²) >= 11 is 6.00. The molecule has 2 unspecified atom stereocenters. The maximum absolute atomic E-state index is 13.1. The highest BCUT2D eigenvalue weighted by atomic mass is 35.5. The van der Waals surface area contributed by atoms with Gasteiger partial charge in [-0.25, -0.2) is 14.6 Å². The van der Waals surface area contributed by atoms with Crippen molar-refractivity contribution in [3.8, 4) is 0 Å². The molecular formula is C19H21ClN4O5. The number of aromatic nitrogens is 2. The summed E-state index contributed by atoms with van der Waals surface area (Å²) in [6, 6.07) is 4.97. The van der Waals surface area contributed by atoms with Gasteiger partial charge in [0.05, 0.1) is 32.7 Å². The normalized spacial score (nSPS) is 16.5. The van der Waals surface area contributed by atoms with E-state index >= 15 is 0 Å². The Hall–Kier alpha value is -3.07. The van der Waals surface area contributed by atoms with Crippen LogP contribution in [0.25, 0.3) is 0 Å². The van der Waals surface area contributed by atoms with E-state index in [4.69, 9.17) is 16.3 Å². The molecule has 9 nitrogen and oxygen atoms in total. The van der Waals surface area contributed by atoms with E-state index in [9.17, 15) is 14.4 Å². The first-order chi connectivity index (χ1) is 13.9. The van der Waals surface area contributed by atoms with Gasteiger partial charge in [-0.05, 0) is 17.7 Å². The molecule has 0 aliphatic carbocycles. The fourth-order valence-electron chi connectivity index (χ4n) is 3.30. The lowest BCUT2D eigenvalue weighted by molar-refractivity contribution is -0.149. The van der Waals surface area contributed by atoms with Gasteiger partial charge >= 0.3 is 18.0 Å². The number of hydrogen-bond donors (Lipinski definition) is 2. The maximum atomic E-state index is 13.1. The number of esters is 2. The number of imidazole rings is 1. The minimum Gasteiger partial charge on any atom is -0.469 e. The summed E-state index contributed by atoms with van der Waals surface area (Å²) in [7, 11) is 2.39. The molecule has 2 N–H and O–H groups in total. The van der Waals surface area contributed by atoms with Crippen LogP contribution in [0.1, 0.15) is 29.4 Å². The average molecular weight is 421 g/mol.